The van der Waals surface area contributed by atoms with Gasteiger partial charge in [-0.2, -0.15) is 0 Å². The summed E-state index contributed by atoms with van der Waals surface area (Å²) in [5, 5.41) is 0.904. The lowest BCUT2D eigenvalue weighted by atomic mass is 10.0. The number of fused-ring (bicyclic) bond motifs is 1. The van der Waals surface area contributed by atoms with Crippen molar-refractivity contribution in [2.24, 2.45) is 5.73 Å². The summed E-state index contributed by atoms with van der Waals surface area (Å²) in [6.07, 6.45) is 4.21. The summed E-state index contributed by atoms with van der Waals surface area (Å²) in [5.41, 5.74) is 6.09. The number of ether oxygens (including phenoxy) is 1. The van der Waals surface area contributed by atoms with Crippen LogP contribution in [0.3, 0.4) is 0 Å². The number of aromatic nitrogens is 2. The fraction of sp³-hybridized carbons (Fsp3) is 0.308. The molecule has 4 nitrogen and oxygen atoms in total. The van der Waals surface area contributed by atoms with Crippen molar-refractivity contribution in [3.05, 3.63) is 41.7 Å². The van der Waals surface area contributed by atoms with Gasteiger partial charge in [0.15, 0.2) is 11.6 Å². The Hall–Kier alpha value is -1.60. The fourth-order valence-electron chi connectivity index (χ4n) is 2.41. The van der Waals surface area contributed by atoms with E-state index in [9.17, 15) is 8.78 Å². The predicted molar refractivity (Wildman–Crippen MR) is 70.5 cm³/mol. The number of rotatable bonds is 3. The van der Waals surface area contributed by atoms with Crippen molar-refractivity contribution in [3.63, 3.8) is 0 Å². The van der Waals surface area contributed by atoms with Crippen LogP contribution in [0, 0.1) is 11.6 Å². The maximum atomic E-state index is 13.6. The van der Waals surface area contributed by atoms with Gasteiger partial charge in [0.05, 0.1) is 5.88 Å². The molecule has 0 saturated carbocycles. The number of H-pyrrole nitrogens is 1. The Morgan fingerprint density at radius 1 is 1.45 bits per heavy atom. The number of halogens is 2. The van der Waals surface area contributed by atoms with Crippen molar-refractivity contribution >= 4 is 11.8 Å². The fourth-order valence-corrected chi connectivity index (χ4v) is 3.08. The molecular formula is C13H14F2N3OS+. The highest BCUT2D eigenvalue weighted by Gasteiger charge is 2.29. The van der Waals surface area contributed by atoms with E-state index in [0.29, 0.717) is 24.5 Å². The average molecular weight is 298 g/mol. The molecule has 1 aromatic carbocycles. The Balaban J connectivity index is 1.90. The van der Waals surface area contributed by atoms with Gasteiger partial charge in [-0.3, -0.25) is 0 Å². The van der Waals surface area contributed by atoms with Crippen molar-refractivity contribution in [3.8, 4) is 5.75 Å². The van der Waals surface area contributed by atoms with Crippen LogP contribution in [0.25, 0.3) is 0 Å². The van der Waals surface area contributed by atoms with E-state index >= 15 is 0 Å². The molecule has 0 aliphatic carbocycles. The van der Waals surface area contributed by atoms with Gasteiger partial charge in [0.1, 0.15) is 30.9 Å². The minimum Gasteiger partial charge on any atom is -0.486 e. The Bertz CT molecular complexity index is 632. The number of benzene rings is 1. The first-order valence-electron chi connectivity index (χ1n) is 6.21. The lowest BCUT2D eigenvalue weighted by Gasteiger charge is -2.24. The van der Waals surface area contributed by atoms with Gasteiger partial charge in [-0.1, -0.05) is 0 Å². The third-order valence-electron chi connectivity index (χ3n) is 3.25. The standard InChI is InChI=1S/C13H13F2N3OS/c14-9-3-8-4-10(6-19-12(8)11(15)5-9)18-2-1-17-13(18)20-7-16/h1-3,5,10H,4,6-7,16H2/p+1/t10-/m1/s1. The van der Waals surface area contributed by atoms with Crippen molar-refractivity contribution in [1.29, 1.82) is 0 Å². The monoisotopic (exact) mass is 298 g/mol. The topological polar surface area (TPSA) is 54.9 Å². The van der Waals surface area contributed by atoms with Crippen LogP contribution in [0.4, 0.5) is 8.78 Å². The number of nitrogens with zero attached hydrogens (tertiary/aromatic N) is 1. The summed E-state index contributed by atoms with van der Waals surface area (Å²) in [6.45, 7) is 0.343. The normalized spacial score (nSPS) is 17.6. The van der Waals surface area contributed by atoms with Gasteiger partial charge in [-0.05, 0) is 17.8 Å². The van der Waals surface area contributed by atoms with Crippen LogP contribution < -0.4 is 15.0 Å². The number of imidazole rings is 1. The van der Waals surface area contributed by atoms with Crippen molar-refractivity contribution in [2.75, 3.05) is 12.5 Å². The predicted octanol–water partition coefficient (Wildman–Crippen LogP) is 1.76. The third kappa shape index (κ3) is 2.38. The number of nitrogens with two attached hydrogens (primary N) is 1. The molecule has 1 atom stereocenters. The maximum Gasteiger partial charge on any atom is 0.317 e. The first kappa shape index (κ1) is 13.4. The summed E-state index contributed by atoms with van der Waals surface area (Å²) >= 11 is 1.47. The molecule has 0 bridgehead atoms. The van der Waals surface area contributed by atoms with Crippen LogP contribution in [0.2, 0.25) is 0 Å². The molecule has 1 aliphatic heterocycles. The van der Waals surface area contributed by atoms with E-state index < -0.39 is 11.6 Å². The van der Waals surface area contributed by atoms with E-state index in [1.807, 2.05) is 10.8 Å². The van der Waals surface area contributed by atoms with Crippen molar-refractivity contribution in [1.82, 2.24) is 4.98 Å². The molecule has 20 heavy (non-hydrogen) atoms. The van der Waals surface area contributed by atoms with E-state index in [2.05, 4.69) is 4.98 Å². The van der Waals surface area contributed by atoms with E-state index in [4.69, 9.17) is 10.5 Å². The number of hydrogen-bond acceptors (Lipinski definition) is 3. The van der Waals surface area contributed by atoms with E-state index in [-0.39, 0.29) is 11.8 Å². The minimum atomic E-state index is -0.644. The molecule has 2 aromatic rings. The van der Waals surface area contributed by atoms with Crippen LogP contribution in [0.1, 0.15) is 11.6 Å². The molecule has 0 unspecified atom stereocenters. The van der Waals surface area contributed by atoms with Crippen molar-refractivity contribution < 1.29 is 18.1 Å². The van der Waals surface area contributed by atoms with E-state index in [1.54, 1.807) is 6.20 Å². The summed E-state index contributed by atoms with van der Waals surface area (Å²) in [7, 11) is 0. The highest BCUT2D eigenvalue weighted by Crippen LogP contribution is 2.31. The second-order valence-corrected chi connectivity index (χ2v) is 5.54. The van der Waals surface area contributed by atoms with Crippen LogP contribution in [-0.4, -0.2) is 17.5 Å². The van der Waals surface area contributed by atoms with Crippen LogP contribution in [-0.2, 0) is 6.42 Å². The van der Waals surface area contributed by atoms with Crippen molar-refractivity contribution in [2.45, 2.75) is 17.6 Å². The van der Waals surface area contributed by atoms with Gasteiger partial charge in [-0.15, -0.1) is 0 Å². The molecular weight excluding hydrogens is 284 g/mol. The van der Waals surface area contributed by atoms with Crippen LogP contribution in [0.5, 0.6) is 5.75 Å². The smallest absolute Gasteiger partial charge is 0.317 e. The Kier molecular flexibility index (Phi) is 3.62. The van der Waals surface area contributed by atoms with Gasteiger partial charge < -0.3 is 10.5 Å². The average Bonchev–Trinajstić information content (AvgIpc) is 2.86. The Labute approximate surface area is 118 Å². The number of aromatic amines is 1. The van der Waals surface area contributed by atoms with Crippen LogP contribution >= 0.6 is 11.8 Å². The van der Waals surface area contributed by atoms with Gasteiger partial charge in [0.2, 0.25) is 0 Å². The maximum absolute atomic E-state index is 13.6. The molecule has 0 fully saturated rings. The van der Waals surface area contributed by atoms with E-state index in [1.165, 1.54) is 17.8 Å². The Morgan fingerprint density at radius 2 is 2.30 bits per heavy atom. The molecule has 3 N–H and O–H groups in total. The second kappa shape index (κ2) is 5.41. The lowest BCUT2D eigenvalue weighted by molar-refractivity contribution is -0.757. The summed E-state index contributed by atoms with van der Waals surface area (Å²) in [6, 6.07) is 2.16. The molecule has 0 saturated heterocycles. The molecule has 0 radical (unpaired) electrons. The second-order valence-electron chi connectivity index (χ2n) is 4.53. The Morgan fingerprint density at radius 3 is 3.10 bits per heavy atom. The molecule has 1 aromatic heterocycles. The molecule has 106 valence electrons. The number of nitrogens with one attached hydrogen (secondary N) is 1. The number of thioether (sulfide) groups is 1. The zero-order valence-corrected chi connectivity index (χ0v) is 11.4. The molecule has 2 heterocycles. The molecule has 0 spiro atoms. The zero-order chi connectivity index (χ0) is 14.1. The first-order chi connectivity index (χ1) is 9.69. The highest BCUT2D eigenvalue weighted by molar-refractivity contribution is 7.98. The molecule has 1 aliphatic rings. The lowest BCUT2D eigenvalue weighted by Crippen LogP contribution is -2.46. The van der Waals surface area contributed by atoms with Gasteiger partial charge in [0, 0.05) is 18.1 Å². The third-order valence-corrected chi connectivity index (χ3v) is 4.02. The number of hydrogen-bond donors (Lipinski definition) is 2. The summed E-state index contributed by atoms with van der Waals surface area (Å²) in [5.74, 6) is -0.615. The minimum absolute atomic E-state index is 0.0102. The first-order valence-corrected chi connectivity index (χ1v) is 7.19. The van der Waals surface area contributed by atoms with E-state index in [0.717, 1.165) is 11.2 Å². The molecule has 7 heteroatoms. The molecule has 3 rings (SSSR count). The largest absolute Gasteiger partial charge is 0.486 e. The SMILES string of the molecule is NCSc1[nH]cc[n+]1[C@H]1COc2c(F)cc(F)cc2C1. The van der Waals surface area contributed by atoms with Gasteiger partial charge in [0.25, 0.3) is 0 Å². The highest BCUT2D eigenvalue weighted by atomic mass is 32.2. The zero-order valence-electron chi connectivity index (χ0n) is 10.6. The quantitative estimate of drug-likeness (QED) is 0.516. The van der Waals surface area contributed by atoms with Gasteiger partial charge >= 0.3 is 5.16 Å². The van der Waals surface area contributed by atoms with Gasteiger partial charge in [-0.25, -0.2) is 18.3 Å². The summed E-state index contributed by atoms with van der Waals surface area (Å²) in [4.78, 5) is 3.09. The molecule has 0 amide bonds. The van der Waals surface area contributed by atoms with Crippen LogP contribution in [0.15, 0.2) is 29.7 Å². The summed E-state index contributed by atoms with van der Waals surface area (Å²) < 4.78 is 34.4.